The maximum Gasteiger partial charge on any atom is 0.251 e. The Balaban J connectivity index is 1.31. The molecule has 0 bridgehead atoms. The van der Waals surface area contributed by atoms with Crippen molar-refractivity contribution < 1.29 is 13.5 Å². The highest BCUT2D eigenvalue weighted by molar-refractivity contribution is 5.75. The molecule has 31 heavy (non-hydrogen) atoms. The highest BCUT2D eigenvalue weighted by atomic mass is 19.2. The number of pyridine rings is 2. The number of hydrogen-bond donors (Lipinski definition) is 0. The van der Waals surface area contributed by atoms with Gasteiger partial charge in [-0.25, -0.2) is 8.78 Å². The average Bonchev–Trinajstić information content (AvgIpc) is 2.79. The number of methoxy groups -OCH3 is 1. The van der Waals surface area contributed by atoms with Gasteiger partial charge in [-0.15, -0.1) is 0 Å². The van der Waals surface area contributed by atoms with Gasteiger partial charge in [-0.05, 0) is 68.5 Å². The zero-order chi connectivity index (χ0) is 21.8. The molecular weight excluding hydrogens is 400 g/mol. The largest absolute Gasteiger partial charge is 0.495 e. The summed E-state index contributed by atoms with van der Waals surface area (Å²) in [4.78, 5) is 19.2. The lowest BCUT2D eigenvalue weighted by atomic mass is 9.90. The molecule has 3 aromatic rings. The molecule has 1 aliphatic rings. The third-order valence-electron chi connectivity index (χ3n) is 6.22. The van der Waals surface area contributed by atoms with E-state index in [1.54, 1.807) is 36.1 Å². The molecular formula is C24H27F2N3O2. The Hall–Kier alpha value is -2.80. The molecule has 1 fully saturated rings. The van der Waals surface area contributed by atoms with Crippen molar-refractivity contribution in [1.29, 1.82) is 0 Å². The van der Waals surface area contributed by atoms with Crippen LogP contribution in [0.2, 0.25) is 0 Å². The Morgan fingerprint density at radius 3 is 2.61 bits per heavy atom. The molecule has 3 heterocycles. The van der Waals surface area contributed by atoms with E-state index in [0.717, 1.165) is 61.9 Å². The maximum atomic E-state index is 13.4. The molecule has 0 radical (unpaired) electrons. The van der Waals surface area contributed by atoms with Crippen molar-refractivity contribution in [2.75, 3.05) is 26.7 Å². The SMILES string of the molecule is COc1cnc2ccc(=O)n(CCN3CCC(CCc4ccc(F)c(F)c4)CC3)c2c1. The fraction of sp³-hybridized carbons (Fsp3) is 0.417. The predicted octanol–water partition coefficient (Wildman–Crippen LogP) is 4.03. The highest BCUT2D eigenvalue weighted by Crippen LogP contribution is 2.23. The molecule has 5 nitrogen and oxygen atoms in total. The molecule has 1 aromatic carbocycles. The quantitative estimate of drug-likeness (QED) is 0.571. The molecule has 0 amide bonds. The summed E-state index contributed by atoms with van der Waals surface area (Å²) in [5.74, 6) is -0.354. The van der Waals surface area contributed by atoms with Crippen LogP contribution >= 0.6 is 0 Å². The van der Waals surface area contributed by atoms with Crippen molar-refractivity contribution in [3.05, 3.63) is 70.1 Å². The van der Waals surface area contributed by atoms with Gasteiger partial charge in [-0.2, -0.15) is 0 Å². The van der Waals surface area contributed by atoms with Gasteiger partial charge in [0.2, 0.25) is 0 Å². The van der Waals surface area contributed by atoms with Gasteiger partial charge in [0.1, 0.15) is 5.75 Å². The van der Waals surface area contributed by atoms with Crippen LogP contribution in [-0.2, 0) is 13.0 Å². The minimum atomic E-state index is -0.795. The van der Waals surface area contributed by atoms with E-state index in [1.807, 2.05) is 6.07 Å². The first-order valence-corrected chi connectivity index (χ1v) is 10.7. The number of benzene rings is 1. The standard InChI is InChI=1S/C24H27F2N3O2/c1-31-19-15-23-22(27-16-19)6-7-24(30)29(23)13-12-28-10-8-17(9-11-28)2-3-18-4-5-20(25)21(26)14-18/h4-7,14-17H,2-3,8-13H2,1H3. The Kier molecular flexibility index (Phi) is 6.61. The third-order valence-corrected chi connectivity index (χ3v) is 6.22. The normalized spacial score (nSPS) is 15.5. The molecule has 0 saturated carbocycles. The van der Waals surface area contributed by atoms with Crippen molar-refractivity contribution in [2.45, 2.75) is 32.2 Å². The lowest BCUT2D eigenvalue weighted by molar-refractivity contribution is 0.174. The average molecular weight is 427 g/mol. The number of piperidine rings is 1. The van der Waals surface area contributed by atoms with Gasteiger partial charge in [0.15, 0.2) is 11.6 Å². The van der Waals surface area contributed by atoms with Crippen molar-refractivity contribution in [2.24, 2.45) is 5.92 Å². The minimum Gasteiger partial charge on any atom is -0.495 e. The molecule has 2 aromatic heterocycles. The number of hydrogen-bond acceptors (Lipinski definition) is 4. The zero-order valence-corrected chi connectivity index (χ0v) is 17.7. The van der Waals surface area contributed by atoms with Crippen LogP contribution in [0.5, 0.6) is 5.75 Å². The smallest absolute Gasteiger partial charge is 0.251 e. The van der Waals surface area contributed by atoms with E-state index in [2.05, 4.69) is 9.88 Å². The Morgan fingerprint density at radius 1 is 1.06 bits per heavy atom. The Morgan fingerprint density at radius 2 is 1.87 bits per heavy atom. The number of likely N-dealkylation sites (tertiary alicyclic amines) is 1. The molecule has 1 aliphatic heterocycles. The lowest BCUT2D eigenvalue weighted by Gasteiger charge is -2.32. The van der Waals surface area contributed by atoms with Crippen LogP contribution in [0.4, 0.5) is 8.78 Å². The number of aryl methyl sites for hydroxylation is 1. The van der Waals surface area contributed by atoms with E-state index in [9.17, 15) is 13.6 Å². The van der Waals surface area contributed by atoms with Gasteiger partial charge in [0, 0.05) is 25.2 Å². The number of nitrogens with zero attached hydrogens (tertiary/aromatic N) is 3. The number of ether oxygens (including phenoxy) is 1. The minimum absolute atomic E-state index is 0.0380. The molecule has 164 valence electrons. The summed E-state index contributed by atoms with van der Waals surface area (Å²) in [5.41, 5.74) is 2.37. The van der Waals surface area contributed by atoms with Gasteiger partial charge in [0.05, 0.1) is 24.3 Å². The van der Waals surface area contributed by atoms with Gasteiger partial charge < -0.3 is 14.2 Å². The van der Waals surface area contributed by atoms with Crippen LogP contribution in [0, 0.1) is 17.6 Å². The van der Waals surface area contributed by atoms with Crippen LogP contribution in [-0.4, -0.2) is 41.2 Å². The zero-order valence-electron chi connectivity index (χ0n) is 17.7. The number of halogens is 2. The van der Waals surface area contributed by atoms with E-state index < -0.39 is 11.6 Å². The topological polar surface area (TPSA) is 47.4 Å². The predicted molar refractivity (Wildman–Crippen MR) is 116 cm³/mol. The molecule has 4 rings (SSSR count). The van der Waals surface area contributed by atoms with Crippen LogP contribution < -0.4 is 10.3 Å². The highest BCUT2D eigenvalue weighted by Gasteiger charge is 2.19. The van der Waals surface area contributed by atoms with Crippen LogP contribution in [0.1, 0.15) is 24.8 Å². The second kappa shape index (κ2) is 9.56. The van der Waals surface area contributed by atoms with Gasteiger partial charge in [-0.3, -0.25) is 9.78 Å². The number of rotatable bonds is 7. The summed E-state index contributed by atoms with van der Waals surface area (Å²) in [6.45, 7) is 3.35. The molecule has 0 unspecified atom stereocenters. The van der Waals surface area contributed by atoms with E-state index in [0.29, 0.717) is 18.2 Å². The van der Waals surface area contributed by atoms with Crippen molar-refractivity contribution in [3.63, 3.8) is 0 Å². The third kappa shape index (κ3) is 5.10. The molecule has 0 atom stereocenters. The van der Waals surface area contributed by atoms with Crippen molar-refractivity contribution in [1.82, 2.24) is 14.5 Å². The second-order valence-electron chi connectivity index (χ2n) is 8.17. The summed E-state index contributed by atoms with van der Waals surface area (Å²) < 4.78 is 33.5. The Labute approximate surface area is 180 Å². The molecule has 7 heteroatoms. The monoisotopic (exact) mass is 427 g/mol. The summed E-state index contributed by atoms with van der Waals surface area (Å²) >= 11 is 0. The fourth-order valence-electron chi connectivity index (χ4n) is 4.30. The van der Waals surface area contributed by atoms with Crippen LogP contribution in [0.25, 0.3) is 11.0 Å². The number of fused-ring (bicyclic) bond motifs is 1. The van der Waals surface area contributed by atoms with Crippen molar-refractivity contribution in [3.8, 4) is 5.75 Å². The molecule has 1 saturated heterocycles. The lowest BCUT2D eigenvalue weighted by Crippen LogP contribution is -2.37. The van der Waals surface area contributed by atoms with E-state index in [1.165, 1.54) is 12.1 Å². The van der Waals surface area contributed by atoms with Crippen LogP contribution in [0.3, 0.4) is 0 Å². The summed E-state index contributed by atoms with van der Waals surface area (Å²) in [6.07, 6.45) is 5.55. The maximum absolute atomic E-state index is 13.4. The first-order valence-electron chi connectivity index (χ1n) is 10.7. The fourth-order valence-corrected chi connectivity index (χ4v) is 4.30. The summed E-state index contributed by atoms with van der Waals surface area (Å²) in [7, 11) is 1.59. The van der Waals surface area contributed by atoms with E-state index in [4.69, 9.17) is 4.74 Å². The summed E-state index contributed by atoms with van der Waals surface area (Å²) in [5, 5.41) is 0. The van der Waals surface area contributed by atoms with Crippen LogP contribution in [0.15, 0.2) is 47.4 Å². The molecule has 0 N–H and O–H groups in total. The molecule has 0 spiro atoms. The van der Waals surface area contributed by atoms with Gasteiger partial charge in [0.25, 0.3) is 5.56 Å². The number of aromatic nitrogens is 2. The van der Waals surface area contributed by atoms with E-state index >= 15 is 0 Å². The first kappa shape index (κ1) is 21.4. The Bertz CT molecular complexity index is 1110. The van der Waals surface area contributed by atoms with E-state index in [-0.39, 0.29) is 5.56 Å². The molecule has 0 aliphatic carbocycles. The van der Waals surface area contributed by atoms with Crippen molar-refractivity contribution >= 4 is 11.0 Å². The first-order chi connectivity index (χ1) is 15.0. The van der Waals surface area contributed by atoms with Gasteiger partial charge >= 0.3 is 0 Å². The van der Waals surface area contributed by atoms with Gasteiger partial charge in [-0.1, -0.05) is 6.07 Å². The summed E-state index contributed by atoms with van der Waals surface area (Å²) in [6, 6.07) is 9.33. The second-order valence-corrected chi connectivity index (χ2v) is 8.17.